The highest BCUT2D eigenvalue weighted by Gasteiger charge is 2.26. The molecule has 3 rings (SSSR count). The molecule has 2 heterocycles. The van der Waals surface area contributed by atoms with E-state index < -0.39 is 0 Å². The topological polar surface area (TPSA) is 86.7 Å². The van der Waals surface area contributed by atoms with Gasteiger partial charge in [0.25, 0.3) is 11.8 Å². The van der Waals surface area contributed by atoms with E-state index in [2.05, 4.69) is 20.7 Å². The number of nitrogens with one attached hydrogen (secondary N) is 2. The van der Waals surface area contributed by atoms with Gasteiger partial charge in [0.2, 0.25) is 5.84 Å². The third kappa shape index (κ3) is 3.40. The first-order valence-electron chi connectivity index (χ1n) is 7.56. The van der Waals surface area contributed by atoms with E-state index in [0.29, 0.717) is 5.69 Å². The zero-order valence-corrected chi connectivity index (χ0v) is 13.1. The maximum Gasteiger partial charge on any atom is 0.288 e. The van der Waals surface area contributed by atoms with Crippen LogP contribution < -0.4 is 15.8 Å². The minimum atomic E-state index is -0.387. The molecule has 1 aliphatic heterocycles. The lowest BCUT2D eigenvalue weighted by molar-refractivity contribution is -0.118. The third-order valence-electron chi connectivity index (χ3n) is 3.55. The fourth-order valence-electron chi connectivity index (χ4n) is 2.30. The molecular formula is C17H17N5O2. The maximum absolute atomic E-state index is 12.4. The molecule has 7 heteroatoms. The summed E-state index contributed by atoms with van der Waals surface area (Å²) in [6.45, 7) is 1.76. The second-order valence-electron chi connectivity index (χ2n) is 5.29. The summed E-state index contributed by atoms with van der Waals surface area (Å²) in [6, 6.07) is 14.3. The number of anilines is 1. The van der Waals surface area contributed by atoms with Crippen LogP contribution in [0.5, 0.6) is 0 Å². The normalized spacial score (nSPS) is 15.3. The van der Waals surface area contributed by atoms with Gasteiger partial charge in [-0.15, -0.1) is 0 Å². The number of hydrazine groups is 1. The predicted molar refractivity (Wildman–Crippen MR) is 90.2 cm³/mol. The van der Waals surface area contributed by atoms with Gasteiger partial charge >= 0.3 is 0 Å². The van der Waals surface area contributed by atoms with Crippen LogP contribution in [0.3, 0.4) is 0 Å². The second kappa shape index (κ2) is 6.91. The van der Waals surface area contributed by atoms with Crippen LogP contribution in [0.1, 0.15) is 18.7 Å². The average molecular weight is 323 g/mol. The van der Waals surface area contributed by atoms with Crippen LogP contribution in [0, 0.1) is 0 Å². The number of amides is 2. The molecule has 1 aromatic heterocycles. The lowest BCUT2D eigenvalue weighted by Gasteiger charge is -2.28. The Kier molecular flexibility index (Phi) is 4.51. The number of nitrogens with zero attached hydrogens (tertiary/aromatic N) is 3. The first-order chi connectivity index (χ1) is 11.6. The Bertz CT molecular complexity index is 761. The van der Waals surface area contributed by atoms with Crippen molar-refractivity contribution in [3.05, 3.63) is 60.4 Å². The number of amidine groups is 1. The number of pyridine rings is 1. The zero-order chi connectivity index (χ0) is 16.9. The molecule has 122 valence electrons. The first kappa shape index (κ1) is 15.7. The standard InChI is InChI=1S/C17H17N5O2/c1-12(14-9-5-6-10-18-14)20-17(24)16-19-11-15(23)22(21-16)13-7-3-2-4-8-13/h2-10,12H,11H2,1H3,(H,19,21)(H,20,24)/t12-/m0/s1. The molecular weight excluding hydrogens is 306 g/mol. The Morgan fingerprint density at radius 3 is 2.67 bits per heavy atom. The van der Waals surface area contributed by atoms with E-state index in [-0.39, 0.29) is 30.2 Å². The number of carbonyl (C=O) groups is 2. The van der Waals surface area contributed by atoms with Crippen molar-refractivity contribution in [2.75, 3.05) is 11.6 Å². The number of para-hydroxylation sites is 1. The van der Waals surface area contributed by atoms with Gasteiger partial charge in [-0.05, 0) is 31.2 Å². The van der Waals surface area contributed by atoms with Gasteiger partial charge in [0.1, 0.15) is 6.54 Å². The average Bonchev–Trinajstić information content (AvgIpc) is 2.63. The molecule has 2 amide bonds. The number of hydrogen-bond acceptors (Lipinski definition) is 5. The van der Waals surface area contributed by atoms with E-state index in [1.54, 1.807) is 18.3 Å². The summed E-state index contributed by atoms with van der Waals surface area (Å²) >= 11 is 0. The second-order valence-corrected chi connectivity index (χ2v) is 5.29. The van der Waals surface area contributed by atoms with E-state index in [1.165, 1.54) is 5.01 Å². The van der Waals surface area contributed by atoms with Crippen molar-refractivity contribution in [1.29, 1.82) is 0 Å². The molecule has 0 fully saturated rings. The van der Waals surface area contributed by atoms with E-state index >= 15 is 0 Å². The van der Waals surface area contributed by atoms with Gasteiger partial charge in [0, 0.05) is 6.20 Å². The van der Waals surface area contributed by atoms with Crippen LogP contribution in [0.25, 0.3) is 0 Å². The Balaban J connectivity index is 1.70. The maximum atomic E-state index is 12.4. The van der Waals surface area contributed by atoms with Crippen LogP contribution >= 0.6 is 0 Å². The lowest BCUT2D eigenvalue weighted by atomic mass is 10.2. The molecule has 0 saturated carbocycles. The Morgan fingerprint density at radius 1 is 1.21 bits per heavy atom. The van der Waals surface area contributed by atoms with Crippen LogP contribution in [-0.2, 0) is 9.59 Å². The summed E-state index contributed by atoms with van der Waals surface area (Å²) in [5.74, 6) is -0.515. The molecule has 0 radical (unpaired) electrons. The summed E-state index contributed by atoms with van der Waals surface area (Å²) < 4.78 is 0. The number of hydrogen-bond donors (Lipinski definition) is 2. The van der Waals surface area contributed by atoms with E-state index in [9.17, 15) is 9.59 Å². The highest BCUT2D eigenvalue weighted by atomic mass is 16.2. The predicted octanol–water partition coefficient (Wildman–Crippen LogP) is 1.21. The fourth-order valence-corrected chi connectivity index (χ4v) is 2.30. The molecule has 1 atom stereocenters. The minimum absolute atomic E-state index is 0.0807. The van der Waals surface area contributed by atoms with Gasteiger partial charge in [0.15, 0.2) is 0 Å². The summed E-state index contributed by atoms with van der Waals surface area (Å²) in [6.07, 6.45) is 1.67. The SMILES string of the molecule is C[C@H](NC(=O)C1=NCC(=O)N(c2ccccc2)N1)c1ccccn1. The monoisotopic (exact) mass is 323 g/mol. The molecule has 1 aromatic carbocycles. The van der Waals surface area contributed by atoms with Gasteiger partial charge in [0.05, 0.1) is 17.4 Å². The van der Waals surface area contributed by atoms with Crippen molar-refractivity contribution in [1.82, 2.24) is 15.7 Å². The number of aliphatic imine (C=N–C) groups is 1. The third-order valence-corrected chi connectivity index (χ3v) is 3.55. The molecule has 0 bridgehead atoms. The molecule has 0 unspecified atom stereocenters. The van der Waals surface area contributed by atoms with Gasteiger partial charge in [-0.25, -0.2) is 5.01 Å². The molecule has 2 aromatic rings. The van der Waals surface area contributed by atoms with Crippen LogP contribution in [-0.4, -0.2) is 29.2 Å². The Morgan fingerprint density at radius 2 is 1.96 bits per heavy atom. The van der Waals surface area contributed by atoms with Gasteiger partial charge < -0.3 is 5.32 Å². The van der Waals surface area contributed by atoms with Crippen molar-refractivity contribution in [2.24, 2.45) is 4.99 Å². The summed E-state index contributed by atoms with van der Waals surface area (Å²) in [5, 5.41) is 4.15. The van der Waals surface area contributed by atoms with Crippen molar-refractivity contribution in [2.45, 2.75) is 13.0 Å². The largest absolute Gasteiger partial charge is 0.341 e. The van der Waals surface area contributed by atoms with E-state index in [1.807, 2.05) is 43.3 Å². The summed E-state index contributed by atoms with van der Waals surface area (Å²) in [5.41, 5.74) is 4.18. The number of carbonyl (C=O) groups excluding carboxylic acids is 2. The molecule has 7 nitrogen and oxygen atoms in total. The minimum Gasteiger partial charge on any atom is -0.341 e. The van der Waals surface area contributed by atoms with Crippen LogP contribution in [0.15, 0.2) is 59.7 Å². The van der Waals surface area contributed by atoms with E-state index in [0.717, 1.165) is 5.69 Å². The fraction of sp³-hybridized carbons (Fsp3) is 0.176. The molecule has 24 heavy (non-hydrogen) atoms. The van der Waals surface area contributed by atoms with Crippen LogP contribution in [0.4, 0.5) is 5.69 Å². The molecule has 1 aliphatic rings. The summed E-state index contributed by atoms with van der Waals surface area (Å²) in [4.78, 5) is 32.6. The van der Waals surface area contributed by atoms with Gasteiger partial charge in [-0.3, -0.25) is 25.0 Å². The highest BCUT2D eigenvalue weighted by Crippen LogP contribution is 2.13. The molecule has 0 spiro atoms. The number of rotatable bonds is 4. The quantitative estimate of drug-likeness (QED) is 0.885. The Hall–Kier alpha value is -3.22. The molecule has 0 aliphatic carbocycles. The highest BCUT2D eigenvalue weighted by molar-refractivity contribution is 6.39. The first-order valence-corrected chi connectivity index (χ1v) is 7.56. The summed E-state index contributed by atoms with van der Waals surface area (Å²) in [7, 11) is 0. The van der Waals surface area contributed by atoms with Crippen LogP contribution in [0.2, 0.25) is 0 Å². The van der Waals surface area contributed by atoms with Crippen molar-refractivity contribution >= 4 is 23.3 Å². The van der Waals surface area contributed by atoms with E-state index in [4.69, 9.17) is 0 Å². The Labute approximate surface area is 139 Å². The molecule has 0 saturated heterocycles. The number of benzene rings is 1. The van der Waals surface area contributed by atoms with Crippen molar-refractivity contribution in [3.63, 3.8) is 0 Å². The van der Waals surface area contributed by atoms with Gasteiger partial charge in [-0.2, -0.15) is 0 Å². The van der Waals surface area contributed by atoms with Gasteiger partial charge in [-0.1, -0.05) is 24.3 Å². The molecule has 2 N–H and O–H groups in total. The van der Waals surface area contributed by atoms with Crippen molar-refractivity contribution < 1.29 is 9.59 Å². The van der Waals surface area contributed by atoms with Crippen molar-refractivity contribution in [3.8, 4) is 0 Å². The number of aromatic nitrogens is 1. The lowest BCUT2D eigenvalue weighted by Crippen LogP contribution is -2.56. The smallest absolute Gasteiger partial charge is 0.288 e. The zero-order valence-electron chi connectivity index (χ0n) is 13.1.